The van der Waals surface area contributed by atoms with Crippen LogP contribution in [0.5, 0.6) is 0 Å². The van der Waals surface area contributed by atoms with Crippen LogP contribution >= 0.6 is 46.3 Å². The summed E-state index contributed by atoms with van der Waals surface area (Å²) in [4.78, 5) is 23.1. The van der Waals surface area contributed by atoms with Crippen LogP contribution in [-0.4, -0.2) is 48.7 Å². The van der Waals surface area contributed by atoms with Gasteiger partial charge in [0, 0.05) is 27.9 Å². The predicted molar refractivity (Wildman–Crippen MR) is 136 cm³/mol. The highest BCUT2D eigenvalue weighted by atomic mass is 35.5. The summed E-state index contributed by atoms with van der Waals surface area (Å²) in [6.07, 6.45) is 2.21. The number of thiazole rings is 1. The van der Waals surface area contributed by atoms with Crippen molar-refractivity contribution >= 4 is 67.6 Å². The van der Waals surface area contributed by atoms with Crippen LogP contribution in [0.2, 0.25) is 10.0 Å². The fourth-order valence-corrected chi connectivity index (χ4v) is 5.36. The lowest BCUT2D eigenvalue weighted by atomic mass is 10.2. The third-order valence-electron chi connectivity index (χ3n) is 4.87. The standard InChI is InChI=1S/C23H27Cl2N3OS2/c1-16-19(25)11-12-20-22(16)26-23(31-20)28(14-5-13-27(2)3)21(29)6-4-15-30-18-9-7-17(24)8-10-18/h7-12H,4-6,13-15H2,1-3H3. The van der Waals surface area contributed by atoms with E-state index >= 15 is 0 Å². The van der Waals surface area contributed by atoms with Gasteiger partial charge in [0.05, 0.1) is 10.2 Å². The van der Waals surface area contributed by atoms with Crippen LogP contribution in [0.3, 0.4) is 0 Å². The molecular weight excluding hydrogens is 469 g/mol. The molecule has 1 heterocycles. The lowest BCUT2D eigenvalue weighted by molar-refractivity contribution is -0.118. The molecule has 31 heavy (non-hydrogen) atoms. The van der Waals surface area contributed by atoms with Crippen LogP contribution in [-0.2, 0) is 4.79 Å². The number of thioether (sulfide) groups is 1. The van der Waals surface area contributed by atoms with Crippen molar-refractivity contribution in [1.29, 1.82) is 0 Å². The summed E-state index contributed by atoms with van der Waals surface area (Å²) in [6, 6.07) is 11.7. The molecule has 0 fully saturated rings. The number of hydrogen-bond donors (Lipinski definition) is 0. The maximum atomic E-state index is 13.1. The van der Waals surface area contributed by atoms with E-state index in [-0.39, 0.29) is 5.91 Å². The van der Waals surface area contributed by atoms with Gasteiger partial charge in [0.2, 0.25) is 5.91 Å². The lowest BCUT2D eigenvalue weighted by Crippen LogP contribution is -2.33. The number of rotatable bonds is 10. The maximum absolute atomic E-state index is 13.1. The Balaban J connectivity index is 1.66. The number of aryl methyl sites for hydroxylation is 1. The first kappa shape index (κ1) is 24.3. The Morgan fingerprint density at radius 3 is 2.52 bits per heavy atom. The fourth-order valence-electron chi connectivity index (χ4n) is 3.16. The van der Waals surface area contributed by atoms with Crippen molar-refractivity contribution in [2.45, 2.75) is 31.1 Å². The van der Waals surface area contributed by atoms with E-state index in [1.807, 2.05) is 62.3 Å². The minimum Gasteiger partial charge on any atom is -0.309 e. The summed E-state index contributed by atoms with van der Waals surface area (Å²) in [6.45, 7) is 3.56. The van der Waals surface area contributed by atoms with Crippen molar-refractivity contribution in [2.24, 2.45) is 0 Å². The Bertz CT molecular complexity index is 1020. The van der Waals surface area contributed by atoms with Gasteiger partial charge in [-0.3, -0.25) is 9.69 Å². The van der Waals surface area contributed by atoms with E-state index in [0.717, 1.165) is 51.1 Å². The molecule has 0 N–H and O–H groups in total. The van der Waals surface area contributed by atoms with E-state index in [4.69, 9.17) is 28.2 Å². The summed E-state index contributed by atoms with van der Waals surface area (Å²) < 4.78 is 1.06. The van der Waals surface area contributed by atoms with E-state index in [9.17, 15) is 4.79 Å². The fraction of sp³-hybridized carbons (Fsp3) is 0.391. The zero-order valence-electron chi connectivity index (χ0n) is 18.0. The number of carbonyl (C=O) groups excluding carboxylic acids is 1. The SMILES string of the molecule is Cc1c(Cl)ccc2sc(N(CCCN(C)C)C(=O)CCCSc3ccc(Cl)cc3)nc12. The molecule has 0 unspecified atom stereocenters. The highest BCUT2D eigenvalue weighted by Gasteiger charge is 2.20. The van der Waals surface area contributed by atoms with Crippen LogP contribution < -0.4 is 4.90 Å². The van der Waals surface area contributed by atoms with Gasteiger partial charge in [0.25, 0.3) is 0 Å². The third kappa shape index (κ3) is 6.83. The molecule has 3 aromatic rings. The topological polar surface area (TPSA) is 36.4 Å². The number of carbonyl (C=O) groups is 1. The summed E-state index contributed by atoms with van der Waals surface area (Å²) in [5, 5.41) is 2.20. The second kappa shape index (κ2) is 11.5. The molecule has 0 aliphatic carbocycles. The van der Waals surface area contributed by atoms with E-state index in [1.165, 1.54) is 4.90 Å². The van der Waals surface area contributed by atoms with E-state index in [0.29, 0.717) is 18.0 Å². The second-order valence-corrected chi connectivity index (χ2v) is 10.6. The van der Waals surface area contributed by atoms with Gasteiger partial charge in [-0.15, -0.1) is 11.8 Å². The molecule has 0 spiro atoms. The van der Waals surface area contributed by atoms with Gasteiger partial charge in [-0.25, -0.2) is 4.98 Å². The third-order valence-corrected chi connectivity index (χ3v) is 7.68. The normalized spacial score (nSPS) is 11.4. The summed E-state index contributed by atoms with van der Waals surface area (Å²) >= 11 is 15.5. The molecule has 166 valence electrons. The molecule has 1 amide bonds. The molecule has 0 aliphatic rings. The monoisotopic (exact) mass is 495 g/mol. The molecule has 0 radical (unpaired) electrons. The van der Waals surface area contributed by atoms with Gasteiger partial charge in [0.15, 0.2) is 5.13 Å². The maximum Gasteiger partial charge on any atom is 0.228 e. The van der Waals surface area contributed by atoms with Gasteiger partial charge < -0.3 is 4.90 Å². The molecule has 0 atom stereocenters. The number of fused-ring (bicyclic) bond motifs is 1. The Kier molecular flexibility index (Phi) is 9.05. The molecular formula is C23H27Cl2N3OS2. The van der Waals surface area contributed by atoms with Crippen LogP contribution in [0, 0.1) is 6.92 Å². The van der Waals surface area contributed by atoms with Gasteiger partial charge in [-0.05, 0) is 88.1 Å². The average molecular weight is 497 g/mol. The summed E-state index contributed by atoms with van der Waals surface area (Å²) in [5.74, 6) is 1.01. The number of halogens is 2. The number of benzene rings is 2. The first-order chi connectivity index (χ1) is 14.8. The zero-order valence-corrected chi connectivity index (χ0v) is 21.2. The molecule has 0 saturated carbocycles. The van der Waals surface area contributed by atoms with E-state index in [1.54, 1.807) is 23.1 Å². The van der Waals surface area contributed by atoms with Crippen molar-refractivity contribution in [2.75, 3.05) is 37.8 Å². The minimum absolute atomic E-state index is 0.123. The average Bonchev–Trinajstić information content (AvgIpc) is 3.17. The molecule has 1 aromatic heterocycles. The highest BCUT2D eigenvalue weighted by molar-refractivity contribution is 7.99. The van der Waals surface area contributed by atoms with Crippen molar-refractivity contribution in [3.8, 4) is 0 Å². The Labute approximate surface area is 202 Å². The molecule has 8 heteroatoms. The second-order valence-electron chi connectivity index (χ2n) is 7.62. The number of amides is 1. The quantitative estimate of drug-likeness (QED) is 0.229. The molecule has 2 aromatic carbocycles. The van der Waals surface area contributed by atoms with Crippen LogP contribution in [0.25, 0.3) is 10.2 Å². The summed E-state index contributed by atoms with van der Waals surface area (Å²) in [5.41, 5.74) is 1.85. The number of anilines is 1. The van der Waals surface area contributed by atoms with E-state index in [2.05, 4.69) is 4.90 Å². The van der Waals surface area contributed by atoms with Crippen molar-refractivity contribution in [1.82, 2.24) is 9.88 Å². The predicted octanol–water partition coefficient (Wildman–Crippen LogP) is 6.77. The van der Waals surface area contributed by atoms with Crippen LogP contribution in [0.1, 0.15) is 24.8 Å². The molecule has 4 nitrogen and oxygen atoms in total. The largest absolute Gasteiger partial charge is 0.309 e. The Morgan fingerprint density at radius 2 is 1.81 bits per heavy atom. The number of aromatic nitrogens is 1. The smallest absolute Gasteiger partial charge is 0.228 e. The minimum atomic E-state index is 0.123. The van der Waals surface area contributed by atoms with Crippen molar-refractivity contribution in [3.63, 3.8) is 0 Å². The zero-order chi connectivity index (χ0) is 22.4. The number of nitrogens with zero attached hydrogens (tertiary/aromatic N) is 3. The highest BCUT2D eigenvalue weighted by Crippen LogP contribution is 2.34. The molecule has 3 rings (SSSR count). The van der Waals surface area contributed by atoms with Crippen molar-refractivity contribution in [3.05, 3.63) is 52.0 Å². The summed E-state index contributed by atoms with van der Waals surface area (Å²) in [7, 11) is 4.09. The van der Waals surface area contributed by atoms with Crippen molar-refractivity contribution < 1.29 is 4.79 Å². The van der Waals surface area contributed by atoms with E-state index < -0.39 is 0 Å². The first-order valence-corrected chi connectivity index (χ1v) is 12.8. The van der Waals surface area contributed by atoms with Gasteiger partial charge >= 0.3 is 0 Å². The van der Waals surface area contributed by atoms with Gasteiger partial charge in [-0.2, -0.15) is 0 Å². The molecule has 0 aliphatic heterocycles. The number of hydrogen-bond acceptors (Lipinski definition) is 5. The van der Waals surface area contributed by atoms with Crippen LogP contribution in [0.15, 0.2) is 41.3 Å². The Hall–Kier alpha value is -1.31. The lowest BCUT2D eigenvalue weighted by Gasteiger charge is -2.21. The molecule has 0 saturated heterocycles. The Morgan fingerprint density at radius 1 is 1.06 bits per heavy atom. The van der Waals surface area contributed by atoms with Gasteiger partial charge in [-0.1, -0.05) is 34.5 Å². The first-order valence-electron chi connectivity index (χ1n) is 10.2. The molecule has 0 bridgehead atoms. The van der Waals surface area contributed by atoms with Gasteiger partial charge in [0.1, 0.15) is 0 Å². The van der Waals surface area contributed by atoms with Crippen LogP contribution in [0.4, 0.5) is 5.13 Å².